The monoisotopic (exact) mass is 262 g/mol. The lowest BCUT2D eigenvalue weighted by Crippen LogP contribution is -2.25. The van der Waals surface area contributed by atoms with Gasteiger partial charge in [-0.05, 0) is 30.9 Å². The predicted octanol–water partition coefficient (Wildman–Crippen LogP) is 4.79. The van der Waals surface area contributed by atoms with E-state index in [1.807, 2.05) is 43.3 Å². The number of para-hydroxylation sites is 1. The zero-order chi connectivity index (χ0) is 13.6. The Balaban J connectivity index is 1.89. The van der Waals surface area contributed by atoms with Gasteiger partial charge in [0.2, 0.25) is 0 Å². The number of hydrogen-bond donors (Lipinski definition) is 0. The summed E-state index contributed by atoms with van der Waals surface area (Å²) in [6, 6.07) is 9.60. The summed E-state index contributed by atoms with van der Waals surface area (Å²) in [7, 11) is 0. The third-order valence-corrected chi connectivity index (χ3v) is 3.79. The molecule has 0 bridgehead atoms. The highest BCUT2D eigenvalue weighted by molar-refractivity contribution is 5.21. The molecule has 0 radical (unpaired) electrons. The molecule has 19 heavy (non-hydrogen) atoms. The number of ether oxygens (including phenoxy) is 1. The van der Waals surface area contributed by atoms with E-state index in [1.54, 1.807) is 0 Å². The Morgan fingerprint density at radius 3 is 2.58 bits per heavy atom. The number of hydrogen-bond acceptors (Lipinski definition) is 1. The summed E-state index contributed by atoms with van der Waals surface area (Å²) >= 11 is 0. The molecule has 0 spiro atoms. The molecule has 0 saturated heterocycles. The minimum atomic E-state index is -0.515. The van der Waals surface area contributed by atoms with Gasteiger partial charge in [-0.3, -0.25) is 4.39 Å². The van der Waals surface area contributed by atoms with Crippen molar-refractivity contribution in [3.8, 4) is 5.75 Å². The topological polar surface area (TPSA) is 9.23 Å². The highest BCUT2D eigenvalue weighted by atomic mass is 19.1. The van der Waals surface area contributed by atoms with Crippen molar-refractivity contribution in [2.75, 3.05) is 13.3 Å². The van der Waals surface area contributed by atoms with Gasteiger partial charge in [0.05, 0.1) is 6.61 Å². The molecule has 0 N–H and O–H groups in total. The number of benzene rings is 1. The van der Waals surface area contributed by atoms with Gasteiger partial charge in [0, 0.05) is 5.41 Å². The number of rotatable bonds is 6. The molecule has 2 rings (SSSR count). The highest BCUT2D eigenvalue weighted by Crippen LogP contribution is 2.29. The molecule has 1 aromatic carbocycles. The van der Waals surface area contributed by atoms with E-state index < -0.39 is 5.41 Å². The minimum absolute atomic E-state index is 0.386. The molecule has 1 aliphatic carbocycles. The van der Waals surface area contributed by atoms with Gasteiger partial charge in [-0.15, -0.1) is 0 Å². The largest absolute Gasteiger partial charge is 0.493 e. The van der Waals surface area contributed by atoms with Crippen LogP contribution in [-0.2, 0) is 0 Å². The maximum Gasteiger partial charge on any atom is 0.119 e. The van der Waals surface area contributed by atoms with E-state index in [0.717, 1.165) is 5.75 Å². The van der Waals surface area contributed by atoms with E-state index in [-0.39, 0.29) is 6.67 Å². The number of allylic oxidation sites excluding steroid dienone is 1. The third-order valence-electron chi connectivity index (χ3n) is 3.79. The van der Waals surface area contributed by atoms with E-state index in [0.29, 0.717) is 12.5 Å². The molecule has 1 aliphatic rings. The lowest BCUT2D eigenvalue weighted by Gasteiger charge is -2.23. The van der Waals surface area contributed by atoms with Crippen LogP contribution in [0.2, 0.25) is 0 Å². The number of alkyl halides is 1. The lowest BCUT2D eigenvalue weighted by atomic mass is 9.91. The zero-order valence-corrected chi connectivity index (χ0v) is 11.6. The summed E-state index contributed by atoms with van der Waals surface area (Å²) in [6.07, 6.45) is 9.33. The second kappa shape index (κ2) is 6.74. The minimum Gasteiger partial charge on any atom is -0.493 e. The Bertz CT molecular complexity index is 395. The number of halogens is 1. The van der Waals surface area contributed by atoms with Crippen LogP contribution in [0.1, 0.15) is 32.6 Å². The van der Waals surface area contributed by atoms with Crippen LogP contribution in [0, 0.1) is 11.3 Å². The molecule has 0 aromatic heterocycles. The Hall–Kier alpha value is -1.31. The van der Waals surface area contributed by atoms with E-state index in [1.165, 1.54) is 25.7 Å². The second-order valence-electron chi connectivity index (χ2n) is 5.79. The standard InChI is InChI=1S/C17H23FO/c1-17(13-18,12-11-15-7-5-6-8-15)14-19-16-9-3-2-4-10-16/h2-4,9-12,15H,5-8,13-14H2,1H3/b12-11+. The van der Waals surface area contributed by atoms with Gasteiger partial charge in [-0.1, -0.05) is 50.1 Å². The molecule has 1 saturated carbocycles. The predicted molar refractivity (Wildman–Crippen MR) is 77.1 cm³/mol. The van der Waals surface area contributed by atoms with Crippen LogP contribution in [0.15, 0.2) is 42.5 Å². The van der Waals surface area contributed by atoms with Crippen molar-refractivity contribution in [2.24, 2.45) is 11.3 Å². The second-order valence-corrected chi connectivity index (χ2v) is 5.79. The first-order chi connectivity index (χ1) is 9.22. The maximum atomic E-state index is 13.3. The van der Waals surface area contributed by atoms with Crippen LogP contribution in [0.4, 0.5) is 4.39 Å². The smallest absolute Gasteiger partial charge is 0.119 e. The summed E-state index contributed by atoms with van der Waals surface area (Å²) in [5.41, 5.74) is -0.515. The van der Waals surface area contributed by atoms with Gasteiger partial charge < -0.3 is 4.74 Å². The van der Waals surface area contributed by atoms with Crippen LogP contribution in [0.3, 0.4) is 0 Å². The Morgan fingerprint density at radius 1 is 1.26 bits per heavy atom. The molecule has 1 aromatic rings. The van der Waals surface area contributed by atoms with Crippen molar-refractivity contribution in [2.45, 2.75) is 32.6 Å². The summed E-state index contributed by atoms with van der Waals surface area (Å²) in [4.78, 5) is 0. The third kappa shape index (κ3) is 4.38. The normalized spacial score (nSPS) is 19.7. The fourth-order valence-corrected chi connectivity index (χ4v) is 2.41. The van der Waals surface area contributed by atoms with Gasteiger partial charge in [-0.25, -0.2) is 0 Å². The fraction of sp³-hybridized carbons (Fsp3) is 0.529. The molecule has 1 fully saturated rings. The van der Waals surface area contributed by atoms with Crippen molar-refractivity contribution in [3.05, 3.63) is 42.5 Å². The van der Waals surface area contributed by atoms with Gasteiger partial charge in [0.15, 0.2) is 0 Å². The first kappa shape index (κ1) is 14.1. The van der Waals surface area contributed by atoms with Gasteiger partial charge in [-0.2, -0.15) is 0 Å². The van der Waals surface area contributed by atoms with Crippen LogP contribution in [0.5, 0.6) is 5.75 Å². The van der Waals surface area contributed by atoms with Crippen molar-refractivity contribution in [1.82, 2.24) is 0 Å². The van der Waals surface area contributed by atoms with Gasteiger partial charge in [0.25, 0.3) is 0 Å². The van der Waals surface area contributed by atoms with E-state index >= 15 is 0 Å². The average Bonchev–Trinajstić information content (AvgIpc) is 2.98. The van der Waals surface area contributed by atoms with Crippen molar-refractivity contribution in [3.63, 3.8) is 0 Å². The van der Waals surface area contributed by atoms with Crippen LogP contribution in [-0.4, -0.2) is 13.3 Å². The maximum absolute atomic E-state index is 13.3. The molecule has 1 unspecified atom stereocenters. The molecule has 0 aliphatic heterocycles. The van der Waals surface area contributed by atoms with Gasteiger partial charge >= 0.3 is 0 Å². The van der Waals surface area contributed by atoms with E-state index in [4.69, 9.17) is 4.74 Å². The van der Waals surface area contributed by atoms with E-state index in [9.17, 15) is 4.39 Å². The summed E-state index contributed by atoms with van der Waals surface area (Å²) < 4.78 is 19.0. The van der Waals surface area contributed by atoms with Crippen LogP contribution >= 0.6 is 0 Å². The summed E-state index contributed by atoms with van der Waals surface area (Å²) in [5, 5.41) is 0. The molecular weight excluding hydrogens is 239 g/mol. The molecule has 0 heterocycles. The Labute approximate surface area is 115 Å². The summed E-state index contributed by atoms with van der Waals surface area (Å²) in [5.74, 6) is 1.44. The highest BCUT2D eigenvalue weighted by Gasteiger charge is 2.23. The van der Waals surface area contributed by atoms with Crippen LogP contribution < -0.4 is 4.74 Å². The molecule has 1 nitrogen and oxygen atoms in total. The first-order valence-electron chi connectivity index (χ1n) is 7.15. The zero-order valence-electron chi connectivity index (χ0n) is 11.6. The molecule has 0 amide bonds. The van der Waals surface area contributed by atoms with Gasteiger partial charge in [0.1, 0.15) is 12.4 Å². The Kier molecular flexibility index (Phi) is 5.00. The fourth-order valence-electron chi connectivity index (χ4n) is 2.41. The lowest BCUT2D eigenvalue weighted by molar-refractivity contribution is 0.170. The average molecular weight is 262 g/mol. The van der Waals surface area contributed by atoms with Crippen molar-refractivity contribution in [1.29, 1.82) is 0 Å². The SMILES string of the molecule is CC(/C=C/C1CCCC1)(CF)COc1ccccc1. The van der Waals surface area contributed by atoms with Crippen LogP contribution in [0.25, 0.3) is 0 Å². The molecule has 1 atom stereocenters. The molecule has 2 heteroatoms. The molecular formula is C17H23FO. The van der Waals surface area contributed by atoms with Crippen molar-refractivity contribution < 1.29 is 9.13 Å². The Morgan fingerprint density at radius 2 is 1.95 bits per heavy atom. The quantitative estimate of drug-likeness (QED) is 0.670. The molecule has 104 valence electrons. The first-order valence-corrected chi connectivity index (χ1v) is 7.15. The summed E-state index contributed by atoms with van der Waals surface area (Å²) in [6.45, 7) is 1.92. The van der Waals surface area contributed by atoms with E-state index in [2.05, 4.69) is 6.08 Å². The van der Waals surface area contributed by atoms with Crippen molar-refractivity contribution >= 4 is 0 Å².